The van der Waals surface area contributed by atoms with E-state index < -0.39 is 0 Å². The van der Waals surface area contributed by atoms with Gasteiger partial charge in [-0.25, -0.2) is 5.43 Å². The Bertz CT molecular complexity index is 1760. The molecule has 7 heteroatoms. The van der Waals surface area contributed by atoms with Crippen LogP contribution in [-0.2, 0) is 4.79 Å². The van der Waals surface area contributed by atoms with E-state index >= 15 is 0 Å². The van der Waals surface area contributed by atoms with E-state index in [1.165, 1.54) is 17.3 Å². The van der Waals surface area contributed by atoms with E-state index in [1.54, 1.807) is 6.21 Å². The molecule has 5 aromatic carbocycles. The summed E-state index contributed by atoms with van der Waals surface area (Å²) in [6.07, 6.45) is 1.73. The number of benzene rings is 5. The third-order valence-electron chi connectivity index (χ3n) is 6.49. The summed E-state index contributed by atoms with van der Waals surface area (Å²) in [5.74, 6) is 0.649. The molecule has 0 aliphatic carbocycles. The number of carbonyl (C=O) groups excluding carboxylic acids is 1. The first kappa shape index (κ1) is 24.6. The Kier molecular flexibility index (Phi) is 6.89. The van der Waals surface area contributed by atoms with E-state index in [0.29, 0.717) is 5.16 Å². The quantitative estimate of drug-likeness (QED) is 0.107. The zero-order valence-electron chi connectivity index (χ0n) is 21.3. The van der Waals surface area contributed by atoms with Gasteiger partial charge in [-0.1, -0.05) is 108 Å². The average molecular weight is 528 g/mol. The monoisotopic (exact) mass is 527 g/mol. The number of thioether (sulfide) groups is 1. The second kappa shape index (κ2) is 10.9. The molecule has 6 rings (SSSR count). The second-order valence-corrected chi connectivity index (χ2v) is 10.1. The van der Waals surface area contributed by atoms with Gasteiger partial charge in [-0.2, -0.15) is 5.10 Å². The number of hydrogen-bond acceptors (Lipinski definition) is 5. The average Bonchev–Trinajstić information content (AvgIpc) is 3.40. The van der Waals surface area contributed by atoms with Crippen LogP contribution in [0, 0.1) is 6.92 Å². The molecule has 0 spiro atoms. The van der Waals surface area contributed by atoms with Crippen LogP contribution in [0.15, 0.2) is 119 Å². The van der Waals surface area contributed by atoms with Crippen LogP contribution in [0.4, 0.5) is 0 Å². The Morgan fingerprint density at radius 2 is 1.49 bits per heavy atom. The van der Waals surface area contributed by atoms with Crippen molar-refractivity contribution in [2.45, 2.75) is 12.1 Å². The Balaban J connectivity index is 1.22. The first-order valence-corrected chi connectivity index (χ1v) is 13.6. The summed E-state index contributed by atoms with van der Waals surface area (Å²) < 4.78 is 1.98. The number of fused-ring (bicyclic) bond motifs is 2. The van der Waals surface area contributed by atoms with Crippen molar-refractivity contribution in [3.8, 4) is 17.1 Å². The van der Waals surface area contributed by atoms with Crippen molar-refractivity contribution < 1.29 is 4.79 Å². The van der Waals surface area contributed by atoms with Gasteiger partial charge in [0.15, 0.2) is 11.0 Å². The molecule has 1 heterocycles. The number of nitrogens with zero attached hydrogens (tertiary/aromatic N) is 4. The number of amides is 1. The number of nitrogens with one attached hydrogen (secondary N) is 1. The van der Waals surface area contributed by atoms with Crippen molar-refractivity contribution in [1.29, 1.82) is 0 Å². The highest BCUT2D eigenvalue weighted by Gasteiger charge is 2.17. The maximum atomic E-state index is 12.8. The lowest BCUT2D eigenvalue weighted by molar-refractivity contribution is -0.118. The lowest BCUT2D eigenvalue weighted by Crippen LogP contribution is -2.20. The fourth-order valence-corrected chi connectivity index (χ4v) is 5.33. The number of hydrogen-bond donors (Lipinski definition) is 1. The minimum atomic E-state index is -0.222. The summed E-state index contributed by atoms with van der Waals surface area (Å²) in [6, 6.07) is 36.7. The summed E-state index contributed by atoms with van der Waals surface area (Å²) in [4.78, 5) is 12.8. The zero-order chi connectivity index (χ0) is 26.6. The van der Waals surface area contributed by atoms with Crippen molar-refractivity contribution >= 4 is 45.4 Å². The summed E-state index contributed by atoms with van der Waals surface area (Å²) in [6.45, 7) is 2.05. The van der Waals surface area contributed by atoms with Gasteiger partial charge in [0.2, 0.25) is 0 Å². The highest BCUT2D eigenvalue weighted by Crippen LogP contribution is 2.29. The van der Waals surface area contributed by atoms with E-state index in [9.17, 15) is 4.79 Å². The lowest BCUT2D eigenvalue weighted by atomic mass is 9.97. The first-order valence-electron chi connectivity index (χ1n) is 12.6. The predicted octanol–water partition coefficient (Wildman–Crippen LogP) is 6.79. The Morgan fingerprint density at radius 1 is 0.846 bits per heavy atom. The summed E-state index contributed by atoms with van der Waals surface area (Å²) in [7, 11) is 0. The number of carbonyl (C=O) groups is 1. The SMILES string of the molecule is Cc1ccc(-n2c(SCC(=O)N/N=C\c3c4ccccc4cc4ccccc34)nnc2-c2ccccc2)cc1. The molecule has 1 amide bonds. The van der Waals surface area contributed by atoms with Crippen molar-refractivity contribution in [1.82, 2.24) is 20.2 Å². The number of aromatic nitrogens is 3. The van der Waals surface area contributed by atoms with Crippen molar-refractivity contribution in [2.24, 2.45) is 5.10 Å². The fourth-order valence-electron chi connectivity index (χ4n) is 4.58. The third kappa shape index (κ3) is 5.17. The molecule has 0 saturated carbocycles. The molecule has 0 fully saturated rings. The molecule has 1 N–H and O–H groups in total. The van der Waals surface area contributed by atoms with E-state index in [4.69, 9.17) is 0 Å². The van der Waals surface area contributed by atoms with Gasteiger partial charge in [-0.05, 0) is 46.7 Å². The molecule has 0 bridgehead atoms. The Morgan fingerprint density at radius 3 is 2.18 bits per heavy atom. The summed E-state index contributed by atoms with van der Waals surface area (Å²) in [5, 5.41) is 18.3. The molecule has 6 nitrogen and oxygen atoms in total. The summed E-state index contributed by atoms with van der Waals surface area (Å²) >= 11 is 1.32. The number of aryl methyl sites for hydroxylation is 1. The van der Waals surface area contributed by atoms with E-state index in [1.807, 2.05) is 71.3 Å². The third-order valence-corrected chi connectivity index (χ3v) is 7.41. The van der Waals surface area contributed by atoms with Crippen molar-refractivity contribution in [2.75, 3.05) is 5.75 Å². The molecule has 0 aliphatic rings. The highest BCUT2D eigenvalue weighted by molar-refractivity contribution is 7.99. The van der Waals surface area contributed by atoms with Gasteiger partial charge < -0.3 is 0 Å². The molecular formula is C32H25N5OS. The van der Waals surface area contributed by atoms with Gasteiger partial charge in [0.25, 0.3) is 5.91 Å². The van der Waals surface area contributed by atoms with Gasteiger partial charge in [0.05, 0.1) is 12.0 Å². The van der Waals surface area contributed by atoms with Crippen LogP contribution in [-0.4, -0.2) is 32.6 Å². The maximum absolute atomic E-state index is 12.8. The standard InChI is InChI=1S/C32H25N5OS/c1-22-15-17-26(18-16-22)37-31(23-9-3-2-4-10-23)35-36-32(37)39-21-30(38)34-33-20-29-27-13-7-5-11-24(27)19-25-12-6-8-14-28(25)29/h2-20H,21H2,1H3,(H,34,38)/b33-20-. The molecule has 0 saturated heterocycles. The highest BCUT2D eigenvalue weighted by atomic mass is 32.2. The molecule has 39 heavy (non-hydrogen) atoms. The van der Waals surface area contributed by atoms with Gasteiger partial charge in [-0.3, -0.25) is 9.36 Å². The summed E-state index contributed by atoms with van der Waals surface area (Å²) in [5.41, 5.74) is 6.72. The molecule has 0 unspecified atom stereocenters. The predicted molar refractivity (Wildman–Crippen MR) is 159 cm³/mol. The van der Waals surface area contributed by atoms with Crippen molar-refractivity contribution in [3.63, 3.8) is 0 Å². The normalized spacial score (nSPS) is 11.4. The second-order valence-electron chi connectivity index (χ2n) is 9.16. The van der Waals surface area contributed by atoms with Gasteiger partial charge in [0, 0.05) is 16.8 Å². The number of rotatable bonds is 7. The van der Waals surface area contributed by atoms with Crippen molar-refractivity contribution in [3.05, 3.63) is 120 Å². The van der Waals surface area contributed by atoms with E-state index in [-0.39, 0.29) is 11.7 Å². The Labute approximate surface area is 230 Å². The van der Waals surface area contributed by atoms with Crippen LogP contribution in [0.5, 0.6) is 0 Å². The molecule has 1 aromatic heterocycles. The van der Waals surface area contributed by atoms with E-state index in [2.05, 4.69) is 70.1 Å². The van der Waals surface area contributed by atoms with E-state index in [0.717, 1.165) is 44.2 Å². The largest absolute Gasteiger partial charge is 0.272 e. The molecule has 0 aliphatic heterocycles. The van der Waals surface area contributed by atoms with Crippen LogP contribution >= 0.6 is 11.8 Å². The number of hydrazone groups is 1. The van der Waals surface area contributed by atoms with Gasteiger partial charge in [0.1, 0.15) is 0 Å². The zero-order valence-corrected chi connectivity index (χ0v) is 22.1. The van der Waals surface area contributed by atoms with Crippen LogP contribution in [0.1, 0.15) is 11.1 Å². The topological polar surface area (TPSA) is 72.2 Å². The minimum Gasteiger partial charge on any atom is -0.272 e. The van der Waals surface area contributed by atoms with Crippen LogP contribution < -0.4 is 5.43 Å². The molecular weight excluding hydrogens is 502 g/mol. The maximum Gasteiger partial charge on any atom is 0.250 e. The molecule has 6 aromatic rings. The van der Waals surface area contributed by atoms with Crippen LogP contribution in [0.3, 0.4) is 0 Å². The molecule has 0 atom stereocenters. The smallest absolute Gasteiger partial charge is 0.250 e. The fraction of sp³-hybridized carbons (Fsp3) is 0.0625. The van der Waals surface area contributed by atoms with Gasteiger partial charge >= 0.3 is 0 Å². The molecule has 0 radical (unpaired) electrons. The van der Waals surface area contributed by atoms with Gasteiger partial charge in [-0.15, -0.1) is 10.2 Å². The molecule has 190 valence electrons. The van der Waals surface area contributed by atoms with Crippen LogP contribution in [0.25, 0.3) is 38.6 Å². The first-order chi connectivity index (χ1) is 19.2. The van der Waals surface area contributed by atoms with Crippen LogP contribution in [0.2, 0.25) is 0 Å². The Hall–Kier alpha value is -4.75. The lowest BCUT2D eigenvalue weighted by Gasteiger charge is -2.10. The minimum absolute atomic E-state index is 0.145.